The SMILES string of the molecule is C=C[C@H]1CO[C@H](c2ccc(OC)c(OC)c2)O[C@H]1[C@H](C)CO[Si](c1ccccc1)(c1ccccc1)C(C)(C)C. The van der Waals surface area contributed by atoms with Crippen molar-refractivity contribution in [3.63, 3.8) is 0 Å². The van der Waals surface area contributed by atoms with Crippen molar-refractivity contribution in [1.82, 2.24) is 0 Å². The molecular weight excluding hydrogens is 504 g/mol. The van der Waals surface area contributed by atoms with Crippen LogP contribution in [0.3, 0.4) is 0 Å². The molecule has 1 fully saturated rings. The maximum Gasteiger partial charge on any atom is 0.261 e. The van der Waals surface area contributed by atoms with Crippen molar-refractivity contribution in [2.24, 2.45) is 11.8 Å². The van der Waals surface area contributed by atoms with Crippen LogP contribution in [-0.4, -0.2) is 41.9 Å². The molecule has 0 unspecified atom stereocenters. The average Bonchev–Trinajstić information content (AvgIpc) is 2.97. The third-order valence-corrected chi connectivity index (χ3v) is 12.7. The van der Waals surface area contributed by atoms with Gasteiger partial charge in [0.05, 0.1) is 26.9 Å². The minimum atomic E-state index is -2.65. The van der Waals surface area contributed by atoms with Gasteiger partial charge in [-0.2, -0.15) is 0 Å². The van der Waals surface area contributed by atoms with Crippen LogP contribution in [0.1, 0.15) is 39.5 Å². The van der Waals surface area contributed by atoms with Gasteiger partial charge in [0.25, 0.3) is 8.32 Å². The van der Waals surface area contributed by atoms with E-state index < -0.39 is 14.6 Å². The first-order valence-electron chi connectivity index (χ1n) is 13.6. The minimum absolute atomic E-state index is 0.0548. The van der Waals surface area contributed by atoms with Crippen LogP contribution in [0, 0.1) is 11.8 Å². The van der Waals surface area contributed by atoms with Crippen LogP contribution in [0.25, 0.3) is 0 Å². The van der Waals surface area contributed by atoms with Crippen LogP contribution < -0.4 is 19.8 Å². The standard InChI is InChI=1S/C33H42O5Si/c1-8-25-23-36-32(26-19-20-29(34-6)30(21-26)35-7)38-31(25)24(2)22-37-39(33(3,4)5,27-15-11-9-12-16-27)28-17-13-10-14-18-28/h8-21,24-25,31-32H,1,22-23H2,2-7H3/t24-,25+,31+,32+/m1/s1. The van der Waals surface area contributed by atoms with Gasteiger partial charge in [0, 0.05) is 24.0 Å². The molecule has 0 aliphatic carbocycles. The van der Waals surface area contributed by atoms with Gasteiger partial charge in [-0.1, -0.05) is 101 Å². The van der Waals surface area contributed by atoms with E-state index in [-0.39, 0.29) is 23.0 Å². The van der Waals surface area contributed by atoms with Crippen molar-refractivity contribution in [3.8, 4) is 11.5 Å². The molecule has 1 aliphatic rings. The first-order chi connectivity index (χ1) is 18.7. The summed E-state index contributed by atoms with van der Waals surface area (Å²) in [5.41, 5.74) is 0.889. The van der Waals surface area contributed by atoms with Crippen molar-refractivity contribution < 1.29 is 23.4 Å². The van der Waals surface area contributed by atoms with Gasteiger partial charge in [-0.05, 0) is 27.5 Å². The highest BCUT2D eigenvalue weighted by Crippen LogP contribution is 2.39. The zero-order valence-corrected chi connectivity index (χ0v) is 25.1. The lowest BCUT2D eigenvalue weighted by atomic mass is 9.92. The van der Waals surface area contributed by atoms with Gasteiger partial charge in [0.15, 0.2) is 17.8 Å². The largest absolute Gasteiger partial charge is 0.493 e. The molecule has 208 valence electrons. The summed E-state index contributed by atoms with van der Waals surface area (Å²) in [5.74, 6) is 1.47. The number of rotatable bonds is 10. The molecule has 1 saturated heterocycles. The van der Waals surface area contributed by atoms with Crippen LogP contribution in [0.5, 0.6) is 11.5 Å². The van der Waals surface area contributed by atoms with E-state index in [0.717, 1.165) is 5.56 Å². The van der Waals surface area contributed by atoms with Crippen molar-refractivity contribution in [2.75, 3.05) is 27.4 Å². The Hall–Kier alpha value is -2.90. The van der Waals surface area contributed by atoms with E-state index in [0.29, 0.717) is 24.7 Å². The van der Waals surface area contributed by atoms with E-state index in [4.69, 9.17) is 23.4 Å². The van der Waals surface area contributed by atoms with Gasteiger partial charge in [-0.3, -0.25) is 0 Å². The zero-order chi connectivity index (χ0) is 28.0. The van der Waals surface area contributed by atoms with E-state index in [9.17, 15) is 0 Å². The third-order valence-electron chi connectivity index (χ3n) is 7.67. The Bertz CT molecular complexity index is 1170. The van der Waals surface area contributed by atoms with Crippen molar-refractivity contribution >= 4 is 18.7 Å². The van der Waals surface area contributed by atoms with Gasteiger partial charge < -0.3 is 23.4 Å². The Morgan fingerprint density at radius 3 is 2.03 bits per heavy atom. The number of ether oxygens (including phenoxy) is 4. The quantitative estimate of drug-likeness (QED) is 0.226. The fourth-order valence-electron chi connectivity index (χ4n) is 5.62. The Morgan fingerprint density at radius 2 is 1.51 bits per heavy atom. The number of methoxy groups -OCH3 is 2. The second-order valence-corrected chi connectivity index (χ2v) is 15.5. The highest BCUT2D eigenvalue weighted by Gasteiger charge is 2.50. The van der Waals surface area contributed by atoms with Crippen LogP contribution in [0.15, 0.2) is 91.5 Å². The topological polar surface area (TPSA) is 46.2 Å². The van der Waals surface area contributed by atoms with Crippen LogP contribution in [0.2, 0.25) is 5.04 Å². The Kier molecular flexibility index (Phi) is 9.34. The molecule has 5 nitrogen and oxygen atoms in total. The van der Waals surface area contributed by atoms with E-state index in [2.05, 4.69) is 94.9 Å². The molecule has 4 atom stereocenters. The van der Waals surface area contributed by atoms with Crippen molar-refractivity contribution in [1.29, 1.82) is 0 Å². The predicted molar refractivity (Wildman–Crippen MR) is 160 cm³/mol. The highest BCUT2D eigenvalue weighted by atomic mass is 28.4. The monoisotopic (exact) mass is 546 g/mol. The molecule has 6 heteroatoms. The van der Waals surface area contributed by atoms with Gasteiger partial charge in [0.2, 0.25) is 0 Å². The summed E-state index contributed by atoms with van der Waals surface area (Å²) in [6.07, 6.45) is 1.31. The molecule has 0 radical (unpaired) electrons. The van der Waals surface area contributed by atoms with Crippen molar-refractivity contribution in [2.45, 2.75) is 45.1 Å². The second kappa shape index (κ2) is 12.5. The molecule has 1 aliphatic heterocycles. The van der Waals surface area contributed by atoms with E-state index >= 15 is 0 Å². The molecule has 4 rings (SSSR count). The fraction of sp³-hybridized carbons (Fsp3) is 0.394. The zero-order valence-electron chi connectivity index (χ0n) is 24.1. The summed E-state index contributed by atoms with van der Waals surface area (Å²) >= 11 is 0. The molecule has 0 amide bonds. The molecule has 0 saturated carbocycles. The lowest BCUT2D eigenvalue weighted by molar-refractivity contribution is -0.246. The smallest absolute Gasteiger partial charge is 0.261 e. The maximum atomic E-state index is 7.23. The molecule has 3 aromatic rings. The van der Waals surface area contributed by atoms with E-state index in [1.54, 1.807) is 14.2 Å². The summed E-state index contributed by atoms with van der Waals surface area (Å²) in [6, 6.07) is 27.2. The van der Waals surface area contributed by atoms with Crippen molar-refractivity contribution in [3.05, 3.63) is 97.1 Å². The van der Waals surface area contributed by atoms with Crippen LogP contribution >= 0.6 is 0 Å². The van der Waals surface area contributed by atoms with Gasteiger partial charge in [-0.15, -0.1) is 6.58 Å². The Labute approximate surface area is 234 Å². The Morgan fingerprint density at radius 1 is 0.923 bits per heavy atom. The summed E-state index contributed by atoms with van der Waals surface area (Å²) in [7, 11) is 0.604. The van der Waals surface area contributed by atoms with Gasteiger partial charge in [0.1, 0.15) is 0 Å². The molecule has 1 heterocycles. The molecule has 0 bridgehead atoms. The summed E-state index contributed by atoms with van der Waals surface area (Å²) < 4.78 is 30.9. The van der Waals surface area contributed by atoms with Gasteiger partial charge in [-0.25, -0.2) is 0 Å². The fourth-order valence-corrected chi connectivity index (χ4v) is 10.3. The summed E-state index contributed by atoms with van der Waals surface area (Å²) in [4.78, 5) is 0. The Balaban J connectivity index is 1.62. The van der Waals surface area contributed by atoms with Gasteiger partial charge >= 0.3 is 0 Å². The number of hydrogen-bond acceptors (Lipinski definition) is 5. The van der Waals surface area contributed by atoms with E-state index in [1.807, 2.05) is 24.3 Å². The average molecular weight is 547 g/mol. The molecule has 0 spiro atoms. The summed E-state index contributed by atoms with van der Waals surface area (Å²) in [5, 5.41) is 2.45. The van der Waals surface area contributed by atoms with Crippen LogP contribution in [-0.2, 0) is 13.9 Å². The predicted octanol–water partition coefficient (Wildman–Crippen LogP) is 6.13. The number of hydrogen-bond donors (Lipinski definition) is 0. The normalized spacial score (nSPS) is 20.7. The first-order valence-corrected chi connectivity index (χ1v) is 15.5. The first kappa shape index (κ1) is 29.1. The van der Waals surface area contributed by atoms with Crippen LogP contribution in [0.4, 0.5) is 0 Å². The third kappa shape index (κ3) is 5.99. The minimum Gasteiger partial charge on any atom is -0.493 e. The van der Waals surface area contributed by atoms with E-state index in [1.165, 1.54) is 10.4 Å². The molecule has 0 aromatic heterocycles. The maximum absolute atomic E-state index is 7.23. The number of benzene rings is 3. The lowest BCUT2D eigenvalue weighted by Gasteiger charge is -2.45. The second-order valence-electron chi connectivity index (χ2n) is 11.2. The highest BCUT2D eigenvalue weighted by molar-refractivity contribution is 6.99. The molecule has 0 N–H and O–H groups in total. The molecular formula is C33H42O5Si. The summed E-state index contributed by atoms with van der Waals surface area (Å²) in [6.45, 7) is 14.3. The molecule has 3 aromatic carbocycles. The molecule has 39 heavy (non-hydrogen) atoms. The lowest BCUT2D eigenvalue weighted by Crippen LogP contribution is -2.67.